The number of para-hydroxylation sites is 1. The minimum atomic E-state index is 0.0732. The fourth-order valence-electron chi connectivity index (χ4n) is 2.49. The van der Waals surface area contributed by atoms with Gasteiger partial charge in [-0.1, -0.05) is 6.07 Å². The number of carbonyl (C=O) groups is 1. The summed E-state index contributed by atoms with van der Waals surface area (Å²) in [5.74, 6) is 1.51. The third kappa shape index (κ3) is 2.66. The van der Waals surface area contributed by atoms with E-state index in [0.29, 0.717) is 30.4 Å². The second kappa shape index (κ2) is 5.48. The fourth-order valence-corrected chi connectivity index (χ4v) is 2.49. The molecular formula is C14H18N2O3. The van der Waals surface area contributed by atoms with Crippen LogP contribution in [0.2, 0.25) is 0 Å². The van der Waals surface area contributed by atoms with Crippen molar-refractivity contribution in [3.8, 4) is 11.5 Å². The lowest BCUT2D eigenvalue weighted by atomic mass is 9.97. The minimum absolute atomic E-state index is 0.0732. The number of rotatable bonds is 2. The quantitative estimate of drug-likeness (QED) is 0.845. The molecule has 1 amide bonds. The summed E-state index contributed by atoms with van der Waals surface area (Å²) in [7, 11) is 0. The normalized spacial score (nSPS) is 18.9. The second-order valence-corrected chi connectivity index (χ2v) is 4.84. The lowest BCUT2D eigenvalue weighted by Gasteiger charge is -2.24. The maximum Gasteiger partial charge on any atom is 0.227 e. The van der Waals surface area contributed by atoms with Gasteiger partial charge in [-0.3, -0.25) is 4.79 Å². The molecule has 5 nitrogen and oxygen atoms in total. The maximum atomic E-state index is 12.2. The van der Waals surface area contributed by atoms with Crippen molar-refractivity contribution in [1.82, 2.24) is 5.32 Å². The highest BCUT2D eigenvalue weighted by atomic mass is 16.6. The molecule has 19 heavy (non-hydrogen) atoms. The van der Waals surface area contributed by atoms with Crippen LogP contribution in [0.15, 0.2) is 18.2 Å². The van der Waals surface area contributed by atoms with Crippen LogP contribution in [0.25, 0.3) is 0 Å². The average Bonchev–Trinajstić information content (AvgIpc) is 2.48. The maximum absolute atomic E-state index is 12.2. The lowest BCUT2D eigenvalue weighted by molar-refractivity contribution is -0.120. The Labute approximate surface area is 112 Å². The summed E-state index contributed by atoms with van der Waals surface area (Å²) in [5, 5.41) is 6.23. The van der Waals surface area contributed by atoms with E-state index in [4.69, 9.17) is 9.47 Å². The van der Waals surface area contributed by atoms with Gasteiger partial charge in [-0.2, -0.15) is 0 Å². The number of hydrogen-bond acceptors (Lipinski definition) is 4. The van der Waals surface area contributed by atoms with E-state index in [-0.39, 0.29) is 11.8 Å². The van der Waals surface area contributed by atoms with Crippen LogP contribution < -0.4 is 20.1 Å². The molecule has 1 aromatic carbocycles. The number of amides is 1. The number of benzene rings is 1. The van der Waals surface area contributed by atoms with Gasteiger partial charge >= 0.3 is 0 Å². The molecule has 0 saturated carbocycles. The van der Waals surface area contributed by atoms with Crippen LogP contribution in [0.3, 0.4) is 0 Å². The molecule has 2 aliphatic heterocycles. The molecule has 0 unspecified atom stereocenters. The van der Waals surface area contributed by atoms with E-state index in [1.54, 1.807) is 0 Å². The predicted octanol–water partition coefficient (Wildman–Crippen LogP) is 1.40. The van der Waals surface area contributed by atoms with Crippen LogP contribution in [0, 0.1) is 5.92 Å². The Morgan fingerprint density at radius 1 is 1.21 bits per heavy atom. The van der Waals surface area contributed by atoms with Gasteiger partial charge in [0.1, 0.15) is 13.2 Å². The highest BCUT2D eigenvalue weighted by Crippen LogP contribution is 2.37. The molecule has 0 atom stereocenters. The summed E-state index contributed by atoms with van der Waals surface area (Å²) >= 11 is 0. The van der Waals surface area contributed by atoms with E-state index in [1.165, 1.54) is 0 Å². The summed E-state index contributed by atoms with van der Waals surface area (Å²) in [6.07, 6.45) is 1.77. The standard InChI is InChI=1S/C14H18N2O3/c17-14(10-4-6-15-7-5-10)16-11-2-1-3-12-13(11)19-9-8-18-12/h1-3,10,15H,4-9H2,(H,16,17). The van der Waals surface area contributed by atoms with E-state index >= 15 is 0 Å². The molecule has 0 spiro atoms. The Balaban J connectivity index is 1.74. The molecule has 1 fully saturated rings. The molecule has 2 aliphatic rings. The van der Waals surface area contributed by atoms with Crippen molar-refractivity contribution in [3.05, 3.63) is 18.2 Å². The van der Waals surface area contributed by atoms with Gasteiger partial charge in [0, 0.05) is 5.92 Å². The zero-order chi connectivity index (χ0) is 13.1. The van der Waals surface area contributed by atoms with Gasteiger partial charge in [-0.15, -0.1) is 0 Å². The highest BCUT2D eigenvalue weighted by molar-refractivity contribution is 5.94. The van der Waals surface area contributed by atoms with Gasteiger partial charge in [0.05, 0.1) is 5.69 Å². The summed E-state index contributed by atoms with van der Waals surface area (Å²) in [6, 6.07) is 5.58. The molecule has 0 aliphatic carbocycles. The monoisotopic (exact) mass is 262 g/mol. The number of nitrogens with one attached hydrogen (secondary N) is 2. The average molecular weight is 262 g/mol. The third-order valence-corrected chi connectivity index (χ3v) is 3.53. The molecule has 5 heteroatoms. The van der Waals surface area contributed by atoms with E-state index in [9.17, 15) is 4.79 Å². The van der Waals surface area contributed by atoms with Gasteiger partial charge in [0.2, 0.25) is 5.91 Å². The van der Waals surface area contributed by atoms with Crippen LogP contribution in [-0.2, 0) is 4.79 Å². The first-order valence-electron chi connectivity index (χ1n) is 6.75. The van der Waals surface area contributed by atoms with Crippen molar-refractivity contribution in [3.63, 3.8) is 0 Å². The smallest absolute Gasteiger partial charge is 0.227 e. The summed E-state index contributed by atoms with van der Waals surface area (Å²) in [5.41, 5.74) is 0.709. The summed E-state index contributed by atoms with van der Waals surface area (Å²) in [4.78, 5) is 12.2. The van der Waals surface area contributed by atoms with E-state index in [1.807, 2.05) is 18.2 Å². The van der Waals surface area contributed by atoms with Crippen molar-refractivity contribution < 1.29 is 14.3 Å². The molecule has 102 valence electrons. The van der Waals surface area contributed by atoms with Crippen LogP contribution in [-0.4, -0.2) is 32.2 Å². The van der Waals surface area contributed by atoms with E-state index in [2.05, 4.69) is 10.6 Å². The van der Waals surface area contributed by atoms with E-state index < -0.39 is 0 Å². The Kier molecular flexibility index (Phi) is 3.55. The summed E-state index contributed by atoms with van der Waals surface area (Å²) < 4.78 is 11.1. The van der Waals surface area contributed by atoms with Crippen LogP contribution in [0.5, 0.6) is 11.5 Å². The van der Waals surface area contributed by atoms with Gasteiger partial charge in [0.15, 0.2) is 11.5 Å². The molecule has 3 rings (SSSR count). The number of hydrogen-bond donors (Lipinski definition) is 2. The first kappa shape index (κ1) is 12.3. The first-order chi connectivity index (χ1) is 9.34. The van der Waals surface area contributed by atoms with E-state index in [0.717, 1.165) is 25.9 Å². The molecular weight excluding hydrogens is 244 g/mol. The Hall–Kier alpha value is -1.75. The molecule has 0 bridgehead atoms. The molecule has 2 heterocycles. The van der Waals surface area contributed by atoms with Crippen molar-refractivity contribution >= 4 is 11.6 Å². The molecule has 2 N–H and O–H groups in total. The van der Waals surface area contributed by atoms with Crippen molar-refractivity contribution in [2.24, 2.45) is 5.92 Å². The zero-order valence-corrected chi connectivity index (χ0v) is 10.8. The lowest BCUT2D eigenvalue weighted by Crippen LogP contribution is -2.34. The van der Waals surface area contributed by atoms with Crippen LogP contribution in [0.4, 0.5) is 5.69 Å². The zero-order valence-electron chi connectivity index (χ0n) is 10.8. The largest absolute Gasteiger partial charge is 0.486 e. The fraction of sp³-hybridized carbons (Fsp3) is 0.500. The Morgan fingerprint density at radius 3 is 2.84 bits per heavy atom. The van der Waals surface area contributed by atoms with Gasteiger partial charge in [-0.05, 0) is 38.1 Å². The number of piperidine rings is 1. The van der Waals surface area contributed by atoms with Crippen molar-refractivity contribution in [1.29, 1.82) is 0 Å². The molecule has 0 aromatic heterocycles. The van der Waals surface area contributed by atoms with Gasteiger partial charge < -0.3 is 20.1 Å². The SMILES string of the molecule is O=C(Nc1cccc2c1OCCO2)C1CCNCC1. The third-order valence-electron chi connectivity index (χ3n) is 3.53. The Bertz CT molecular complexity index is 470. The van der Waals surface area contributed by atoms with Crippen molar-refractivity contribution in [2.75, 3.05) is 31.6 Å². The number of ether oxygens (including phenoxy) is 2. The Morgan fingerprint density at radius 2 is 2.00 bits per heavy atom. The van der Waals surface area contributed by atoms with Crippen LogP contribution in [0.1, 0.15) is 12.8 Å². The second-order valence-electron chi connectivity index (χ2n) is 4.84. The predicted molar refractivity (Wildman–Crippen MR) is 71.7 cm³/mol. The van der Waals surface area contributed by atoms with Gasteiger partial charge in [-0.25, -0.2) is 0 Å². The first-order valence-corrected chi connectivity index (χ1v) is 6.75. The number of fused-ring (bicyclic) bond motifs is 1. The minimum Gasteiger partial charge on any atom is -0.486 e. The highest BCUT2D eigenvalue weighted by Gasteiger charge is 2.23. The molecule has 1 aromatic rings. The number of carbonyl (C=O) groups excluding carboxylic acids is 1. The summed E-state index contributed by atoms with van der Waals surface area (Å²) in [6.45, 7) is 2.89. The van der Waals surface area contributed by atoms with Crippen molar-refractivity contribution in [2.45, 2.75) is 12.8 Å². The van der Waals surface area contributed by atoms with Crippen LogP contribution >= 0.6 is 0 Å². The topological polar surface area (TPSA) is 59.6 Å². The molecule has 0 radical (unpaired) electrons. The number of anilines is 1. The van der Waals surface area contributed by atoms with Gasteiger partial charge in [0.25, 0.3) is 0 Å². The molecule has 1 saturated heterocycles.